The van der Waals surface area contributed by atoms with Gasteiger partial charge in [-0.2, -0.15) is 0 Å². The third kappa shape index (κ3) is 2.06. The molecule has 3 rings (SSSR count). The van der Waals surface area contributed by atoms with E-state index in [0.29, 0.717) is 16.7 Å². The molecule has 0 spiro atoms. The van der Waals surface area contributed by atoms with Gasteiger partial charge in [0, 0.05) is 5.92 Å². The van der Waals surface area contributed by atoms with E-state index in [2.05, 4.69) is 33.8 Å². The fraction of sp³-hybridized carbons (Fsp3) is 0.850. The topological polar surface area (TPSA) is 37.3 Å². The van der Waals surface area contributed by atoms with Crippen LogP contribution in [-0.4, -0.2) is 18.0 Å². The van der Waals surface area contributed by atoms with Gasteiger partial charge in [0.05, 0.1) is 6.61 Å². The van der Waals surface area contributed by atoms with Crippen LogP contribution in [0.4, 0.5) is 0 Å². The van der Waals surface area contributed by atoms with Crippen molar-refractivity contribution < 1.29 is 9.90 Å². The van der Waals surface area contributed by atoms with E-state index in [1.54, 1.807) is 0 Å². The molecule has 5 unspecified atom stereocenters. The molecule has 0 aromatic rings. The predicted octanol–water partition coefficient (Wildman–Crippen LogP) is 4.37. The lowest BCUT2D eigenvalue weighted by atomic mass is 9.40. The van der Waals surface area contributed by atoms with Crippen LogP contribution in [0.5, 0.6) is 0 Å². The zero-order valence-electron chi connectivity index (χ0n) is 14.7. The molecule has 1 N–H and O–H groups in total. The second-order valence-electron chi connectivity index (χ2n) is 9.29. The average molecular weight is 304 g/mol. The Balaban J connectivity index is 2.04. The summed E-state index contributed by atoms with van der Waals surface area (Å²) < 4.78 is 0. The molecule has 0 aliphatic heterocycles. The van der Waals surface area contributed by atoms with E-state index in [9.17, 15) is 9.90 Å². The van der Waals surface area contributed by atoms with Gasteiger partial charge in [-0.1, -0.05) is 40.2 Å². The number of rotatable bonds is 2. The van der Waals surface area contributed by atoms with Crippen molar-refractivity contribution in [1.82, 2.24) is 0 Å². The summed E-state index contributed by atoms with van der Waals surface area (Å²) in [6.45, 7) is 9.88. The number of allylic oxidation sites excluding steroid dienone is 1. The lowest BCUT2D eigenvalue weighted by Gasteiger charge is -2.65. The van der Waals surface area contributed by atoms with Crippen LogP contribution in [0.1, 0.15) is 66.2 Å². The maximum absolute atomic E-state index is 11.4. The maximum Gasteiger partial charge on any atom is 0.146 e. The highest BCUT2D eigenvalue weighted by Gasteiger charge is 2.60. The minimum Gasteiger partial charge on any atom is -0.396 e. The summed E-state index contributed by atoms with van der Waals surface area (Å²) in [4.78, 5) is 11.4. The number of carbonyl (C=O) groups excluding carboxylic acids is 1. The molecule has 0 bridgehead atoms. The van der Waals surface area contributed by atoms with E-state index in [1.165, 1.54) is 25.7 Å². The number of fused-ring (bicyclic) bond motifs is 3. The smallest absolute Gasteiger partial charge is 0.146 e. The van der Waals surface area contributed by atoms with Crippen molar-refractivity contribution in [3.63, 3.8) is 0 Å². The van der Waals surface area contributed by atoms with Gasteiger partial charge in [-0.3, -0.25) is 4.79 Å². The Kier molecular flexibility index (Phi) is 3.83. The van der Waals surface area contributed by atoms with Gasteiger partial charge in [-0.25, -0.2) is 0 Å². The van der Waals surface area contributed by atoms with Crippen molar-refractivity contribution in [3.05, 3.63) is 11.6 Å². The van der Waals surface area contributed by atoms with E-state index in [-0.39, 0.29) is 17.9 Å². The van der Waals surface area contributed by atoms with E-state index >= 15 is 0 Å². The van der Waals surface area contributed by atoms with Crippen molar-refractivity contribution in [3.8, 4) is 0 Å². The molecule has 0 amide bonds. The highest BCUT2D eigenvalue weighted by molar-refractivity contribution is 5.74. The van der Waals surface area contributed by atoms with E-state index in [4.69, 9.17) is 0 Å². The molecule has 2 saturated carbocycles. The molecule has 2 heteroatoms. The molecule has 2 nitrogen and oxygen atoms in total. The van der Waals surface area contributed by atoms with Gasteiger partial charge in [-0.15, -0.1) is 0 Å². The first-order valence-electron chi connectivity index (χ1n) is 9.05. The van der Waals surface area contributed by atoms with Gasteiger partial charge >= 0.3 is 0 Å². The monoisotopic (exact) mass is 304 g/mol. The van der Waals surface area contributed by atoms with Crippen molar-refractivity contribution in [2.75, 3.05) is 6.61 Å². The highest BCUT2D eigenvalue weighted by atomic mass is 16.3. The summed E-state index contributed by atoms with van der Waals surface area (Å²) in [5, 5.41) is 9.98. The second-order valence-corrected chi connectivity index (χ2v) is 9.29. The Bertz CT molecular complexity index is 492. The third-order valence-corrected chi connectivity index (χ3v) is 7.95. The lowest BCUT2D eigenvalue weighted by Crippen LogP contribution is -2.58. The van der Waals surface area contributed by atoms with Crippen LogP contribution in [0.15, 0.2) is 11.6 Å². The molecule has 0 aromatic heterocycles. The lowest BCUT2D eigenvalue weighted by molar-refractivity contribution is -0.150. The van der Waals surface area contributed by atoms with E-state index in [1.807, 2.05) is 0 Å². The Hall–Kier alpha value is -0.630. The quantitative estimate of drug-likeness (QED) is 0.769. The molecular formula is C20H32O2. The minimum atomic E-state index is 0.0339. The van der Waals surface area contributed by atoms with Gasteiger partial charge in [0.1, 0.15) is 6.29 Å². The second kappa shape index (κ2) is 5.19. The number of hydrogen-bond donors (Lipinski definition) is 1. The van der Waals surface area contributed by atoms with Crippen LogP contribution in [0, 0.1) is 34.0 Å². The first-order valence-corrected chi connectivity index (χ1v) is 9.05. The van der Waals surface area contributed by atoms with Gasteiger partial charge in [0.2, 0.25) is 0 Å². The molecule has 2 fully saturated rings. The highest BCUT2D eigenvalue weighted by Crippen LogP contribution is 2.68. The van der Waals surface area contributed by atoms with Crippen molar-refractivity contribution in [1.29, 1.82) is 0 Å². The largest absolute Gasteiger partial charge is 0.396 e. The van der Waals surface area contributed by atoms with Crippen molar-refractivity contribution in [2.45, 2.75) is 66.2 Å². The number of aliphatic hydroxyl groups excluding tert-OH is 1. The zero-order chi connectivity index (χ0) is 16.2. The van der Waals surface area contributed by atoms with Crippen LogP contribution in [0.25, 0.3) is 0 Å². The number of hydrogen-bond acceptors (Lipinski definition) is 2. The summed E-state index contributed by atoms with van der Waals surface area (Å²) in [7, 11) is 0. The first kappa shape index (κ1) is 16.2. The normalized spacial score (nSPS) is 47.1. The minimum absolute atomic E-state index is 0.0339. The average Bonchev–Trinajstić information content (AvgIpc) is 2.44. The fourth-order valence-corrected chi connectivity index (χ4v) is 6.86. The molecule has 0 saturated heterocycles. The first-order chi connectivity index (χ1) is 10.3. The van der Waals surface area contributed by atoms with Crippen molar-refractivity contribution >= 4 is 6.29 Å². The molecule has 0 aromatic carbocycles. The summed E-state index contributed by atoms with van der Waals surface area (Å²) in [6.07, 6.45) is 10.5. The van der Waals surface area contributed by atoms with Gasteiger partial charge < -0.3 is 5.11 Å². The Morgan fingerprint density at radius 1 is 1.14 bits per heavy atom. The molecule has 22 heavy (non-hydrogen) atoms. The van der Waals surface area contributed by atoms with E-state index < -0.39 is 0 Å². The standard InChI is InChI=1S/C20H32O2/c1-18(2)9-5-10-20(4)16(18)8-11-19(3)15(13-22)14(12-21)6-7-17(19)20/h6,12,15-17,22H,5,7-11,13H2,1-4H3. The Morgan fingerprint density at radius 3 is 2.50 bits per heavy atom. The van der Waals surface area contributed by atoms with Gasteiger partial charge in [-0.05, 0) is 65.8 Å². The number of aliphatic hydroxyl groups is 1. The SMILES string of the molecule is CC1(C)CCCC2(C)C1CCC1(C)C(CO)C(C=O)=CCC12. The Labute approximate surface area is 135 Å². The molecule has 3 aliphatic carbocycles. The predicted molar refractivity (Wildman–Crippen MR) is 89.4 cm³/mol. The summed E-state index contributed by atoms with van der Waals surface area (Å²) >= 11 is 0. The van der Waals surface area contributed by atoms with Crippen LogP contribution >= 0.6 is 0 Å². The van der Waals surface area contributed by atoms with E-state index in [0.717, 1.165) is 30.6 Å². The van der Waals surface area contributed by atoms with Gasteiger partial charge in [0.15, 0.2) is 0 Å². The fourth-order valence-electron chi connectivity index (χ4n) is 6.86. The van der Waals surface area contributed by atoms with Crippen LogP contribution in [0.2, 0.25) is 0 Å². The summed E-state index contributed by atoms with van der Waals surface area (Å²) in [5.74, 6) is 1.41. The molecule has 0 radical (unpaired) electrons. The van der Waals surface area contributed by atoms with Crippen LogP contribution < -0.4 is 0 Å². The third-order valence-electron chi connectivity index (χ3n) is 7.95. The van der Waals surface area contributed by atoms with Gasteiger partial charge in [0.25, 0.3) is 0 Å². The van der Waals surface area contributed by atoms with Crippen LogP contribution in [-0.2, 0) is 4.79 Å². The van der Waals surface area contributed by atoms with Crippen LogP contribution in [0.3, 0.4) is 0 Å². The number of aldehydes is 1. The zero-order valence-corrected chi connectivity index (χ0v) is 14.7. The summed E-state index contributed by atoms with van der Waals surface area (Å²) in [5.41, 5.74) is 1.71. The van der Waals surface area contributed by atoms with Crippen molar-refractivity contribution in [2.24, 2.45) is 34.0 Å². The molecule has 124 valence electrons. The number of carbonyl (C=O) groups is 1. The summed E-state index contributed by atoms with van der Waals surface area (Å²) in [6, 6.07) is 0. The maximum atomic E-state index is 11.4. The molecule has 3 aliphatic rings. The Morgan fingerprint density at radius 2 is 1.86 bits per heavy atom. The molecule has 0 heterocycles. The molecular weight excluding hydrogens is 272 g/mol. The molecule has 5 atom stereocenters.